The van der Waals surface area contributed by atoms with E-state index >= 15 is 0 Å². The molecule has 1 unspecified atom stereocenters. The maximum Gasteiger partial charge on any atom is 0.134 e. The molecule has 2 aromatic rings. The smallest absolute Gasteiger partial charge is 0.134 e. The number of nitrogens with one attached hydrogen (secondary N) is 1. The van der Waals surface area contributed by atoms with Crippen LogP contribution in [0.25, 0.3) is 0 Å². The van der Waals surface area contributed by atoms with Gasteiger partial charge in [-0.3, -0.25) is 0 Å². The molecule has 0 heterocycles. The summed E-state index contributed by atoms with van der Waals surface area (Å²) in [5.74, 6) is -1.89. The van der Waals surface area contributed by atoms with Crippen LogP contribution in [-0.4, -0.2) is 7.05 Å². The molecule has 5 heteroatoms. The van der Waals surface area contributed by atoms with E-state index in [9.17, 15) is 13.2 Å². The van der Waals surface area contributed by atoms with Gasteiger partial charge in [0.2, 0.25) is 0 Å². The van der Waals surface area contributed by atoms with Crippen molar-refractivity contribution in [2.75, 3.05) is 7.05 Å². The predicted molar refractivity (Wildman–Crippen MR) is 76.1 cm³/mol. The van der Waals surface area contributed by atoms with Crippen LogP contribution in [-0.2, 0) is 0 Å². The quantitative estimate of drug-likeness (QED) is 0.866. The Hall–Kier alpha value is -1.33. The lowest BCUT2D eigenvalue weighted by Gasteiger charge is -2.20. The Morgan fingerprint density at radius 2 is 1.75 bits per heavy atom. The largest absolute Gasteiger partial charge is 0.309 e. The van der Waals surface area contributed by atoms with Gasteiger partial charge in [-0.1, -0.05) is 28.1 Å². The third-order valence-corrected chi connectivity index (χ3v) is 3.66. The zero-order valence-corrected chi connectivity index (χ0v) is 12.6. The van der Waals surface area contributed by atoms with Crippen LogP contribution in [0.3, 0.4) is 0 Å². The van der Waals surface area contributed by atoms with E-state index in [0.29, 0.717) is 10.0 Å². The van der Waals surface area contributed by atoms with Gasteiger partial charge in [-0.05, 0) is 37.7 Å². The van der Waals surface area contributed by atoms with Crippen LogP contribution in [0.15, 0.2) is 34.8 Å². The summed E-state index contributed by atoms with van der Waals surface area (Å²) >= 11 is 3.16. The van der Waals surface area contributed by atoms with Crippen LogP contribution >= 0.6 is 15.9 Å². The fraction of sp³-hybridized carbons (Fsp3) is 0.200. The monoisotopic (exact) mass is 343 g/mol. The van der Waals surface area contributed by atoms with Crippen LogP contribution < -0.4 is 5.32 Å². The van der Waals surface area contributed by atoms with Gasteiger partial charge in [-0.25, -0.2) is 13.2 Å². The molecule has 106 valence electrons. The molecule has 0 amide bonds. The summed E-state index contributed by atoms with van der Waals surface area (Å²) in [7, 11) is 1.54. The van der Waals surface area contributed by atoms with Crippen molar-refractivity contribution < 1.29 is 13.2 Å². The molecule has 0 radical (unpaired) electrons. The SMILES string of the molecule is CNC(c1ccc(Br)cc1F)c1c(F)ccc(C)c1F. The first-order valence-corrected chi connectivity index (χ1v) is 6.81. The average Bonchev–Trinajstić information content (AvgIpc) is 2.40. The van der Waals surface area contributed by atoms with E-state index in [4.69, 9.17) is 0 Å². The summed E-state index contributed by atoms with van der Waals surface area (Å²) in [5, 5.41) is 2.77. The summed E-state index contributed by atoms with van der Waals surface area (Å²) < 4.78 is 42.7. The lowest BCUT2D eigenvalue weighted by molar-refractivity contribution is 0.504. The Morgan fingerprint density at radius 1 is 1.05 bits per heavy atom. The van der Waals surface area contributed by atoms with E-state index < -0.39 is 23.5 Å². The maximum absolute atomic E-state index is 14.2. The highest BCUT2D eigenvalue weighted by atomic mass is 79.9. The first-order chi connectivity index (χ1) is 9.45. The summed E-state index contributed by atoms with van der Waals surface area (Å²) in [5.41, 5.74) is 0.340. The molecule has 0 aliphatic heterocycles. The topological polar surface area (TPSA) is 12.0 Å². The van der Waals surface area contributed by atoms with Gasteiger partial charge in [0.05, 0.1) is 6.04 Å². The van der Waals surface area contributed by atoms with E-state index in [1.807, 2.05) is 0 Å². The number of hydrogen-bond donors (Lipinski definition) is 1. The standard InChI is InChI=1S/C15H13BrF3N/c1-8-3-6-11(17)13(14(8)19)15(20-2)10-5-4-9(16)7-12(10)18/h3-7,15,20H,1-2H3. The molecule has 1 nitrogen and oxygen atoms in total. The lowest BCUT2D eigenvalue weighted by atomic mass is 9.96. The Bertz CT molecular complexity index is 643. The van der Waals surface area contributed by atoms with Crippen molar-refractivity contribution >= 4 is 15.9 Å². The van der Waals surface area contributed by atoms with Gasteiger partial charge in [0.1, 0.15) is 17.5 Å². The van der Waals surface area contributed by atoms with Gasteiger partial charge in [0.25, 0.3) is 0 Å². The Morgan fingerprint density at radius 3 is 2.35 bits per heavy atom. The van der Waals surface area contributed by atoms with E-state index in [1.54, 1.807) is 13.0 Å². The second-order valence-electron chi connectivity index (χ2n) is 4.48. The number of aryl methyl sites for hydroxylation is 1. The van der Waals surface area contributed by atoms with Gasteiger partial charge in [0.15, 0.2) is 0 Å². The van der Waals surface area contributed by atoms with Crippen molar-refractivity contribution in [1.29, 1.82) is 0 Å². The minimum Gasteiger partial charge on any atom is -0.309 e. The number of benzene rings is 2. The fourth-order valence-electron chi connectivity index (χ4n) is 2.13. The van der Waals surface area contributed by atoms with Crippen molar-refractivity contribution in [1.82, 2.24) is 5.32 Å². The van der Waals surface area contributed by atoms with Crippen molar-refractivity contribution in [2.24, 2.45) is 0 Å². The van der Waals surface area contributed by atoms with Gasteiger partial charge in [-0.2, -0.15) is 0 Å². The zero-order valence-electron chi connectivity index (χ0n) is 11.0. The van der Waals surface area contributed by atoms with E-state index in [0.717, 1.165) is 0 Å². The van der Waals surface area contributed by atoms with Gasteiger partial charge in [-0.15, -0.1) is 0 Å². The summed E-state index contributed by atoms with van der Waals surface area (Å²) in [6.45, 7) is 1.54. The number of hydrogen-bond acceptors (Lipinski definition) is 1. The molecule has 2 aromatic carbocycles. The average molecular weight is 344 g/mol. The van der Waals surface area contributed by atoms with Gasteiger partial charge < -0.3 is 5.32 Å². The minimum absolute atomic E-state index is 0.172. The Labute approximate surface area is 123 Å². The highest BCUT2D eigenvalue weighted by molar-refractivity contribution is 9.10. The molecule has 0 aliphatic carbocycles. The normalized spacial score (nSPS) is 12.5. The lowest BCUT2D eigenvalue weighted by Crippen LogP contribution is -2.22. The molecular formula is C15H13BrF3N. The van der Waals surface area contributed by atoms with Crippen LogP contribution in [0, 0.1) is 24.4 Å². The van der Waals surface area contributed by atoms with Crippen LogP contribution in [0.2, 0.25) is 0 Å². The molecule has 0 bridgehead atoms. The molecule has 0 saturated carbocycles. The second-order valence-corrected chi connectivity index (χ2v) is 5.40. The third kappa shape index (κ3) is 2.74. The summed E-state index contributed by atoms with van der Waals surface area (Å²) in [6, 6.07) is 6.07. The van der Waals surface area contributed by atoms with E-state index in [-0.39, 0.29) is 11.1 Å². The first kappa shape index (κ1) is 15.1. The highest BCUT2D eigenvalue weighted by Crippen LogP contribution is 2.30. The molecule has 0 spiro atoms. The molecule has 20 heavy (non-hydrogen) atoms. The molecule has 1 atom stereocenters. The van der Waals surface area contributed by atoms with Crippen molar-refractivity contribution in [3.05, 3.63) is 68.9 Å². The van der Waals surface area contributed by atoms with Crippen LogP contribution in [0.4, 0.5) is 13.2 Å². The maximum atomic E-state index is 14.2. The predicted octanol–water partition coefficient (Wildman–Crippen LogP) is 4.48. The molecule has 0 aliphatic rings. The molecule has 1 N–H and O–H groups in total. The van der Waals surface area contributed by atoms with Crippen molar-refractivity contribution in [3.63, 3.8) is 0 Å². The molecule has 0 fully saturated rings. The molecule has 0 aromatic heterocycles. The number of halogens is 4. The van der Waals surface area contributed by atoms with Gasteiger partial charge in [0, 0.05) is 15.6 Å². The molecule has 0 saturated heterocycles. The fourth-order valence-corrected chi connectivity index (χ4v) is 2.47. The number of rotatable bonds is 3. The molecule has 2 rings (SSSR count). The Kier molecular flexibility index (Phi) is 4.50. The summed E-state index contributed by atoms with van der Waals surface area (Å²) in [4.78, 5) is 0. The van der Waals surface area contributed by atoms with Crippen molar-refractivity contribution in [3.8, 4) is 0 Å². The van der Waals surface area contributed by atoms with E-state index in [1.165, 1.54) is 31.3 Å². The zero-order chi connectivity index (χ0) is 14.9. The Balaban J connectivity index is 2.61. The van der Waals surface area contributed by atoms with E-state index in [2.05, 4.69) is 21.2 Å². The summed E-state index contributed by atoms with van der Waals surface area (Å²) in [6.07, 6.45) is 0. The van der Waals surface area contributed by atoms with Crippen LogP contribution in [0.5, 0.6) is 0 Å². The second kappa shape index (κ2) is 5.97. The molecular weight excluding hydrogens is 331 g/mol. The van der Waals surface area contributed by atoms with Crippen molar-refractivity contribution in [2.45, 2.75) is 13.0 Å². The van der Waals surface area contributed by atoms with Crippen LogP contribution in [0.1, 0.15) is 22.7 Å². The van der Waals surface area contributed by atoms with Gasteiger partial charge >= 0.3 is 0 Å². The highest BCUT2D eigenvalue weighted by Gasteiger charge is 2.24. The first-order valence-electron chi connectivity index (χ1n) is 6.02. The third-order valence-electron chi connectivity index (χ3n) is 3.17. The minimum atomic E-state index is -0.886.